The summed E-state index contributed by atoms with van der Waals surface area (Å²) in [6, 6.07) is 11.8. The van der Waals surface area contributed by atoms with Crippen LogP contribution in [0, 0.1) is 0 Å². The van der Waals surface area contributed by atoms with E-state index in [9.17, 15) is 9.59 Å². The molecule has 0 radical (unpaired) electrons. The van der Waals surface area contributed by atoms with Gasteiger partial charge in [0.25, 0.3) is 5.91 Å². The van der Waals surface area contributed by atoms with Crippen molar-refractivity contribution in [2.75, 3.05) is 24.9 Å². The molecular weight excluding hydrogens is 296 g/mol. The van der Waals surface area contributed by atoms with Gasteiger partial charge in [0.15, 0.2) is 0 Å². The normalized spacial score (nSPS) is 9.87. The number of nitrogens with one attached hydrogen (secondary N) is 2. The summed E-state index contributed by atoms with van der Waals surface area (Å²) >= 11 is 0. The quantitative estimate of drug-likeness (QED) is 0.889. The third-order valence-electron chi connectivity index (χ3n) is 3.08. The van der Waals surface area contributed by atoms with Gasteiger partial charge in [-0.25, -0.2) is 0 Å². The predicted molar refractivity (Wildman–Crippen MR) is 88.2 cm³/mol. The van der Waals surface area contributed by atoms with Crippen molar-refractivity contribution < 1.29 is 19.1 Å². The number of hydrogen-bond acceptors (Lipinski definition) is 4. The summed E-state index contributed by atoms with van der Waals surface area (Å²) in [5, 5.41) is 5.44. The van der Waals surface area contributed by atoms with Crippen LogP contribution in [0.5, 0.6) is 11.5 Å². The Hall–Kier alpha value is -3.02. The number of carbonyl (C=O) groups is 2. The Morgan fingerprint density at radius 1 is 0.826 bits per heavy atom. The smallest absolute Gasteiger partial charge is 0.255 e. The van der Waals surface area contributed by atoms with Crippen LogP contribution in [0.4, 0.5) is 11.4 Å². The minimum absolute atomic E-state index is 0.148. The maximum absolute atomic E-state index is 12.3. The number of methoxy groups -OCH3 is 2. The topological polar surface area (TPSA) is 76.7 Å². The molecule has 6 nitrogen and oxygen atoms in total. The molecule has 0 saturated heterocycles. The zero-order valence-electron chi connectivity index (χ0n) is 13.2. The van der Waals surface area contributed by atoms with Crippen molar-refractivity contribution in [2.24, 2.45) is 0 Å². The first-order valence-electron chi connectivity index (χ1n) is 6.94. The highest BCUT2D eigenvalue weighted by atomic mass is 16.5. The van der Waals surface area contributed by atoms with E-state index >= 15 is 0 Å². The Morgan fingerprint density at radius 2 is 1.30 bits per heavy atom. The molecule has 120 valence electrons. The van der Waals surface area contributed by atoms with Crippen LogP contribution in [0.15, 0.2) is 42.5 Å². The van der Waals surface area contributed by atoms with Crippen LogP contribution < -0.4 is 20.1 Å². The first-order chi connectivity index (χ1) is 11.0. The van der Waals surface area contributed by atoms with Crippen molar-refractivity contribution in [3.63, 3.8) is 0 Å². The summed E-state index contributed by atoms with van der Waals surface area (Å²) in [6.07, 6.45) is 0. The Labute approximate surface area is 134 Å². The van der Waals surface area contributed by atoms with Gasteiger partial charge in [0.2, 0.25) is 5.91 Å². The lowest BCUT2D eigenvalue weighted by Gasteiger charge is -2.10. The molecule has 2 amide bonds. The molecule has 0 unspecified atom stereocenters. The second-order valence-electron chi connectivity index (χ2n) is 4.81. The van der Waals surface area contributed by atoms with Crippen LogP contribution >= 0.6 is 0 Å². The maximum atomic E-state index is 12.3. The van der Waals surface area contributed by atoms with Gasteiger partial charge in [0.1, 0.15) is 11.5 Å². The van der Waals surface area contributed by atoms with Gasteiger partial charge in [-0.1, -0.05) is 0 Å². The average molecular weight is 314 g/mol. The predicted octanol–water partition coefficient (Wildman–Crippen LogP) is 2.91. The number of benzene rings is 2. The zero-order valence-corrected chi connectivity index (χ0v) is 13.2. The molecule has 2 N–H and O–H groups in total. The molecule has 0 bridgehead atoms. The molecule has 6 heteroatoms. The summed E-state index contributed by atoms with van der Waals surface area (Å²) in [4.78, 5) is 23.3. The molecular formula is C17H18N2O4. The standard InChI is InChI=1S/C17H18N2O4/c1-11(20)18-13-4-6-14(7-5-13)19-17(21)12-8-15(22-2)10-16(9-12)23-3/h4-10H,1-3H3,(H,18,20)(H,19,21). The summed E-state index contributed by atoms with van der Waals surface area (Å²) in [7, 11) is 3.05. The van der Waals surface area contributed by atoms with Crippen LogP contribution in [-0.2, 0) is 4.79 Å². The minimum atomic E-state index is -0.283. The van der Waals surface area contributed by atoms with Crippen LogP contribution in [0.2, 0.25) is 0 Å². The number of anilines is 2. The molecule has 0 aliphatic carbocycles. The van der Waals surface area contributed by atoms with E-state index < -0.39 is 0 Å². The van der Waals surface area contributed by atoms with E-state index in [2.05, 4.69) is 10.6 Å². The van der Waals surface area contributed by atoms with Crippen molar-refractivity contribution in [1.29, 1.82) is 0 Å². The first kappa shape index (κ1) is 16.4. The van der Waals surface area contributed by atoms with Gasteiger partial charge in [-0.05, 0) is 36.4 Å². The zero-order chi connectivity index (χ0) is 16.8. The van der Waals surface area contributed by atoms with Crippen molar-refractivity contribution in [1.82, 2.24) is 0 Å². The van der Waals surface area contributed by atoms with Gasteiger partial charge >= 0.3 is 0 Å². The number of rotatable bonds is 5. The molecule has 0 fully saturated rings. The highest BCUT2D eigenvalue weighted by molar-refractivity contribution is 6.05. The van der Waals surface area contributed by atoms with Crippen molar-refractivity contribution in [3.8, 4) is 11.5 Å². The number of hydrogen-bond donors (Lipinski definition) is 2. The first-order valence-corrected chi connectivity index (χ1v) is 6.94. The van der Waals surface area contributed by atoms with E-state index in [1.807, 2.05) is 0 Å². The van der Waals surface area contributed by atoms with E-state index in [1.54, 1.807) is 42.5 Å². The second kappa shape index (κ2) is 7.31. The molecule has 0 aliphatic rings. The molecule has 0 spiro atoms. The van der Waals surface area contributed by atoms with Gasteiger partial charge < -0.3 is 20.1 Å². The Morgan fingerprint density at radius 3 is 1.74 bits per heavy atom. The third kappa shape index (κ3) is 4.47. The molecule has 0 saturated carbocycles. The number of ether oxygens (including phenoxy) is 2. The number of carbonyl (C=O) groups excluding carboxylic acids is 2. The van der Waals surface area contributed by atoms with Crippen LogP contribution in [0.3, 0.4) is 0 Å². The third-order valence-corrected chi connectivity index (χ3v) is 3.08. The Kier molecular flexibility index (Phi) is 5.19. The largest absolute Gasteiger partial charge is 0.497 e. The molecule has 0 heterocycles. The van der Waals surface area contributed by atoms with Crippen LogP contribution in [0.25, 0.3) is 0 Å². The van der Waals surface area contributed by atoms with Crippen molar-refractivity contribution >= 4 is 23.2 Å². The lowest BCUT2D eigenvalue weighted by Crippen LogP contribution is -2.12. The molecule has 0 atom stereocenters. The van der Waals surface area contributed by atoms with E-state index in [4.69, 9.17) is 9.47 Å². The van der Waals surface area contributed by atoms with Crippen LogP contribution in [-0.4, -0.2) is 26.0 Å². The van der Waals surface area contributed by atoms with Gasteiger partial charge in [0, 0.05) is 29.9 Å². The highest BCUT2D eigenvalue weighted by Gasteiger charge is 2.10. The molecule has 2 rings (SSSR count). The lowest BCUT2D eigenvalue weighted by atomic mass is 10.1. The van der Waals surface area contributed by atoms with Crippen molar-refractivity contribution in [2.45, 2.75) is 6.92 Å². The van der Waals surface area contributed by atoms with E-state index in [0.29, 0.717) is 28.4 Å². The fourth-order valence-electron chi connectivity index (χ4n) is 1.98. The van der Waals surface area contributed by atoms with E-state index in [0.717, 1.165) is 0 Å². The van der Waals surface area contributed by atoms with Gasteiger partial charge in [-0.15, -0.1) is 0 Å². The fraction of sp³-hybridized carbons (Fsp3) is 0.176. The maximum Gasteiger partial charge on any atom is 0.255 e. The summed E-state index contributed by atoms with van der Waals surface area (Å²) in [6.45, 7) is 1.44. The molecule has 0 aromatic heterocycles. The molecule has 23 heavy (non-hydrogen) atoms. The van der Waals surface area contributed by atoms with E-state index in [-0.39, 0.29) is 11.8 Å². The van der Waals surface area contributed by atoms with E-state index in [1.165, 1.54) is 21.1 Å². The van der Waals surface area contributed by atoms with Gasteiger partial charge in [0.05, 0.1) is 14.2 Å². The summed E-state index contributed by atoms with van der Waals surface area (Å²) < 4.78 is 10.3. The average Bonchev–Trinajstić information content (AvgIpc) is 2.55. The Bertz CT molecular complexity index is 689. The summed E-state index contributed by atoms with van der Waals surface area (Å²) in [5.74, 6) is 0.644. The highest BCUT2D eigenvalue weighted by Crippen LogP contribution is 2.23. The fourth-order valence-corrected chi connectivity index (χ4v) is 1.98. The Balaban J connectivity index is 2.13. The monoisotopic (exact) mass is 314 g/mol. The van der Waals surface area contributed by atoms with Gasteiger partial charge in [-0.2, -0.15) is 0 Å². The lowest BCUT2D eigenvalue weighted by molar-refractivity contribution is -0.114. The van der Waals surface area contributed by atoms with Crippen molar-refractivity contribution in [3.05, 3.63) is 48.0 Å². The van der Waals surface area contributed by atoms with Crippen LogP contribution in [0.1, 0.15) is 17.3 Å². The summed E-state index contributed by atoms with van der Waals surface area (Å²) in [5.41, 5.74) is 1.71. The second-order valence-corrected chi connectivity index (χ2v) is 4.81. The molecule has 2 aromatic rings. The molecule has 0 aliphatic heterocycles. The molecule has 2 aromatic carbocycles. The number of amides is 2. The minimum Gasteiger partial charge on any atom is -0.497 e. The van der Waals surface area contributed by atoms with Gasteiger partial charge in [-0.3, -0.25) is 9.59 Å². The SMILES string of the molecule is COc1cc(OC)cc(C(=O)Nc2ccc(NC(C)=O)cc2)c1.